The smallest absolute Gasteiger partial charge is 0.0452 e. The molecule has 0 unspecified atom stereocenters. The number of rotatable bonds is 10. The fraction of sp³-hybridized carbons (Fsp3) is 1.00. The molecule has 200 valence electrons. The third kappa shape index (κ3) is 247. The molecule has 0 radical (unpaired) electrons. The van der Waals surface area contributed by atoms with Crippen LogP contribution in [-0.4, -0.2) is 141 Å². The molecule has 31 heavy (non-hydrogen) atoms. The van der Waals surface area contributed by atoms with Gasteiger partial charge in [-0.25, -0.2) is 0 Å². The fourth-order valence-corrected chi connectivity index (χ4v) is 0.354. The summed E-state index contributed by atoms with van der Waals surface area (Å²) in [7, 11) is 0. The highest BCUT2D eigenvalue weighted by molar-refractivity contribution is 4.23. The molecular weight excluding hydrogens is 420 g/mol. The first-order chi connectivity index (χ1) is 14.9. The van der Waals surface area contributed by atoms with Crippen LogP contribution in [0.1, 0.15) is 46.0 Å². The SMILES string of the molecule is CCO.CCO.OCCCO.OCCCO.OCCCO.OCCCO.OCCCO. The first-order valence-corrected chi connectivity index (χ1v) is 10.2. The molecule has 12 heteroatoms. The van der Waals surface area contributed by atoms with Crippen molar-refractivity contribution in [1.82, 2.24) is 0 Å². The van der Waals surface area contributed by atoms with Gasteiger partial charge in [0.25, 0.3) is 0 Å². The van der Waals surface area contributed by atoms with Crippen molar-refractivity contribution in [2.75, 3.05) is 79.3 Å². The zero-order valence-corrected chi connectivity index (χ0v) is 19.4. The first-order valence-electron chi connectivity index (χ1n) is 10.2. The molecule has 0 saturated heterocycles. The molecule has 12 N–H and O–H groups in total. The first kappa shape index (κ1) is 48.1. The summed E-state index contributed by atoms with van der Waals surface area (Å²) in [6.07, 6.45) is 2.50. The van der Waals surface area contributed by atoms with E-state index in [2.05, 4.69) is 0 Å². The van der Waals surface area contributed by atoms with Gasteiger partial charge in [-0.15, -0.1) is 0 Å². The van der Waals surface area contributed by atoms with Gasteiger partial charge in [-0.1, -0.05) is 0 Å². The molecule has 0 saturated carbocycles. The van der Waals surface area contributed by atoms with Crippen molar-refractivity contribution >= 4 is 0 Å². The Morgan fingerprint density at radius 2 is 0.323 bits per heavy atom. The maximum absolute atomic E-state index is 7.91. The number of aliphatic hydroxyl groups is 12. The molecule has 0 aliphatic rings. The highest BCUT2D eigenvalue weighted by Crippen LogP contribution is 1.67. The van der Waals surface area contributed by atoms with Crippen LogP contribution in [-0.2, 0) is 0 Å². The molecule has 0 fully saturated rings. The lowest BCUT2D eigenvalue weighted by atomic mass is 10.5. The van der Waals surface area contributed by atoms with Gasteiger partial charge in [-0.3, -0.25) is 0 Å². The van der Waals surface area contributed by atoms with Crippen LogP contribution in [0.15, 0.2) is 0 Å². The zero-order chi connectivity index (χ0) is 26.0. The lowest BCUT2D eigenvalue weighted by Gasteiger charge is -1.79. The second-order valence-corrected chi connectivity index (χ2v) is 4.64. The molecule has 12 nitrogen and oxygen atoms in total. The Morgan fingerprint density at radius 3 is 0.323 bits per heavy atom. The molecule has 0 aromatic rings. The summed E-state index contributed by atoms with van der Waals surface area (Å²) in [6, 6.07) is 0. The molecule has 0 aromatic carbocycles. The average molecular weight is 473 g/mol. The van der Waals surface area contributed by atoms with Crippen LogP contribution in [0.4, 0.5) is 0 Å². The van der Waals surface area contributed by atoms with Crippen molar-refractivity contribution in [1.29, 1.82) is 0 Å². The van der Waals surface area contributed by atoms with E-state index >= 15 is 0 Å². The molecule has 0 aliphatic heterocycles. The zero-order valence-electron chi connectivity index (χ0n) is 19.4. The van der Waals surface area contributed by atoms with Gasteiger partial charge in [0, 0.05) is 79.3 Å². The lowest BCUT2D eigenvalue weighted by molar-refractivity contribution is 0.220. The summed E-state index contributed by atoms with van der Waals surface area (Å²) in [6.45, 7) is 4.80. The van der Waals surface area contributed by atoms with Gasteiger partial charge >= 0.3 is 0 Å². The van der Waals surface area contributed by atoms with Crippen LogP contribution in [0.3, 0.4) is 0 Å². The van der Waals surface area contributed by atoms with Gasteiger partial charge in [0.1, 0.15) is 0 Å². The van der Waals surface area contributed by atoms with E-state index in [9.17, 15) is 0 Å². The molecular formula is C19H52O12. The van der Waals surface area contributed by atoms with Crippen LogP contribution in [0.5, 0.6) is 0 Å². The predicted molar refractivity (Wildman–Crippen MR) is 119 cm³/mol. The standard InChI is InChI=1S/5C3H8O2.2C2H6O/c5*4-2-1-3-5;2*1-2-3/h5*4-5H,1-3H2;2*3H,2H2,1H3. The third-order valence-electron chi connectivity index (χ3n) is 1.58. The Bertz CT molecular complexity index is 122. The van der Waals surface area contributed by atoms with E-state index in [1.807, 2.05) is 0 Å². The van der Waals surface area contributed by atoms with E-state index in [-0.39, 0.29) is 79.3 Å². The molecule has 0 spiro atoms. The van der Waals surface area contributed by atoms with Crippen LogP contribution < -0.4 is 0 Å². The van der Waals surface area contributed by atoms with Crippen molar-refractivity contribution < 1.29 is 61.3 Å². The maximum atomic E-state index is 7.91. The molecule has 0 heterocycles. The molecule has 0 bridgehead atoms. The van der Waals surface area contributed by atoms with Crippen LogP contribution in [0.25, 0.3) is 0 Å². The van der Waals surface area contributed by atoms with Crippen LogP contribution in [0.2, 0.25) is 0 Å². The number of aliphatic hydroxyl groups excluding tert-OH is 12. The Labute approximate surface area is 187 Å². The Hall–Kier alpha value is -0.480. The summed E-state index contributed by atoms with van der Waals surface area (Å²) < 4.78 is 0. The topological polar surface area (TPSA) is 243 Å². The summed E-state index contributed by atoms with van der Waals surface area (Å²) in [5.41, 5.74) is 0. The van der Waals surface area contributed by atoms with Gasteiger partial charge in [0.15, 0.2) is 0 Å². The summed E-state index contributed by atoms with van der Waals surface area (Å²) in [5.74, 6) is 0. The monoisotopic (exact) mass is 472 g/mol. The average Bonchev–Trinajstić information content (AvgIpc) is 2.74. The van der Waals surface area contributed by atoms with Crippen molar-refractivity contribution in [3.05, 3.63) is 0 Å². The number of hydrogen-bond donors (Lipinski definition) is 12. The minimum absolute atomic E-state index is 0.0938. The lowest BCUT2D eigenvalue weighted by Crippen LogP contribution is -1.85. The van der Waals surface area contributed by atoms with E-state index in [0.717, 1.165) is 0 Å². The molecule has 0 aliphatic carbocycles. The highest BCUT2D eigenvalue weighted by atomic mass is 16.3. The predicted octanol–water partition coefficient (Wildman–Crippen LogP) is -3.20. The second kappa shape index (κ2) is 88.0. The van der Waals surface area contributed by atoms with Gasteiger partial charge in [-0.05, 0) is 46.0 Å². The minimum Gasteiger partial charge on any atom is -0.397 e. The summed E-state index contributed by atoms with van der Waals surface area (Å²) >= 11 is 0. The van der Waals surface area contributed by atoms with E-state index in [4.69, 9.17) is 61.3 Å². The molecule has 0 atom stereocenters. The summed E-state index contributed by atoms with van der Waals surface area (Å²) in [5, 5.41) is 94.2. The van der Waals surface area contributed by atoms with Gasteiger partial charge in [-0.2, -0.15) is 0 Å². The Morgan fingerprint density at radius 1 is 0.258 bits per heavy atom. The van der Waals surface area contributed by atoms with Gasteiger partial charge < -0.3 is 61.3 Å². The van der Waals surface area contributed by atoms with Crippen LogP contribution >= 0.6 is 0 Å². The molecule has 0 amide bonds. The van der Waals surface area contributed by atoms with E-state index in [1.165, 1.54) is 0 Å². The van der Waals surface area contributed by atoms with Crippen LogP contribution in [0, 0.1) is 0 Å². The van der Waals surface area contributed by atoms with Crippen molar-refractivity contribution in [3.63, 3.8) is 0 Å². The minimum atomic E-state index is 0.0938. The second-order valence-electron chi connectivity index (χ2n) is 4.64. The Balaban J connectivity index is -0.0000000438. The summed E-state index contributed by atoms with van der Waals surface area (Å²) in [4.78, 5) is 0. The van der Waals surface area contributed by atoms with Crippen molar-refractivity contribution in [2.24, 2.45) is 0 Å². The third-order valence-corrected chi connectivity index (χ3v) is 1.58. The molecule has 0 rings (SSSR count). The normalized spacial score (nSPS) is 7.94. The van der Waals surface area contributed by atoms with Crippen molar-refractivity contribution in [2.45, 2.75) is 46.0 Å². The fourth-order valence-electron chi connectivity index (χ4n) is 0.354. The number of hydrogen-bond acceptors (Lipinski definition) is 12. The van der Waals surface area contributed by atoms with E-state index in [0.29, 0.717) is 32.1 Å². The van der Waals surface area contributed by atoms with Gasteiger partial charge in [0.05, 0.1) is 0 Å². The van der Waals surface area contributed by atoms with E-state index in [1.54, 1.807) is 13.8 Å². The Kier molecular flexibility index (Phi) is 136. The van der Waals surface area contributed by atoms with Crippen molar-refractivity contribution in [3.8, 4) is 0 Å². The van der Waals surface area contributed by atoms with E-state index < -0.39 is 0 Å². The van der Waals surface area contributed by atoms with Gasteiger partial charge in [0.2, 0.25) is 0 Å². The maximum Gasteiger partial charge on any atom is 0.0452 e. The molecule has 0 aromatic heterocycles. The largest absolute Gasteiger partial charge is 0.397 e. The highest BCUT2D eigenvalue weighted by Gasteiger charge is 1.72. The quantitative estimate of drug-likeness (QED) is 0.150.